The van der Waals surface area contributed by atoms with E-state index in [-0.39, 0.29) is 17.0 Å². The van der Waals surface area contributed by atoms with E-state index in [9.17, 15) is 15.3 Å². The highest BCUT2D eigenvalue weighted by Crippen LogP contribution is 2.32. The molecule has 0 unspecified atom stereocenters. The minimum absolute atomic E-state index is 0.167. The molecule has 0 aliphatic carbocycles. The van der Waals surface area contributed by atoms with Crippen molar-refractivity contribution in [2.75, 3.05) is 6.61 Å². The van der Waals surface area contributed by atoms with E-state index in [1.165, 1.54) is 10.9 Å². The van der Waals surface area contributed by atoms with Crippen LogP contribution in [0.4, 0.5) is 0 Å². The molecule has 3 rings (SSSR count). The topological polar surface area (TPSA) is 134 Å². The van der Waals surface area contributed by atoms with E-state index in [1.807, 2.05) is 0 Å². The fraction of sp³-hybridized carbons (Fsp3) is 0.500. The van der Waals surface area contributed by atoms with Gasteiger partial charge in [-0.25, -0.2) is 9.97 Å². The maximum absolute atomic E-state index is 9.92. The normalized spacial score (nSPS) is 31.1. The second-order valence-corrected chi connectivity index (χ2v) is 4.25. The zero-order valence-electron chi connectivity index (χ0n) is 9.66. The minimum atomic E-state index is -1.23. The van der Waals surface area contributed by atoms with Gasteiger partial charge in [0.05, 0.1) is 12.9 Å². The van der Waals surface area contributed by atoms with Crippen LogP contribution in [0, 0.1) is 0 Å². The average molecular weight is 268 g/mol. The summed E-state index contributed by atoms with van der Waals surface area (Å²) < 4.78 is 6.73. The summed E-state index contributed by atoms with van der Waals surface area (Å²) in [6, 6.07) is 0. The monoisotopic (exact) mass is 268 g/mol. The number of fused-ring (bicyclic) bond motifs is 1. The Balaban J connectivity index is 2.04. The molecule has 9 heteroatoms. The van der Waals surface area contributed by atoms with Gasteiger partial charge in [0.25, 0.3) is 0 Å². The van der Waals surface area contributed by atoms with Gasteiger partial charge in [-0.3, -0.25) is 4.57 Å². The summed E-state index contributed by atoms with van der Waals surface area (Å²) in [5.74, 6) is -0.282. The van der Waals surface area contributed by atoms with E-state index >= 15 is 0 Å². The summed E-state index contributed by atoms with van der Waals surface area (Å²) in [7, 11) is 0. The second-order valence-electron chi connectivity index (χ2n) is 4.25. The van der Waals surface area contributed by atoms with Crippen LogP contribution in [-0.4, -0.2) is 64.9 Å². The molecular weight excluding hydrogens is 256 g/mol. The van der Waals surface area contributed by atoms with Crippen LogP contribution >= 0.6 is 0 Å². The summed E-state index contributed by atoms with van der Waals surface area (Å²) in [6.45, 7) is -0.415. The summed E-state index contributed by atoms with van der Waals surface area (Å²) in [5, 5.41) is 38.2. The number of imidazole rings is 1. The van der Waals surface area contributed by atoms with Crippen molar-refractivity contribution in [1.82, 2.24) is 19.5 Å². The third kappa shape index (κ3) is 1.75. The summed E-state index contributed by atoms with van der Waals surface area (Å²) in [4.78, 5) is 11.5. The molecule has 1 aliphatic heterocycles. The van der Waals surface area contributed by atoms with Gasteiger partial charge in [-0.2, -0.15) is 4.98 Å². The molecule has 19 heavy (non-hydrogen) atoms. The van der Waals surface area contributed by atoms with E-state index in [2.05, 4.69) is 15.0 Å². The van der Waals surface area contributed by atoms with Crippen LogP contribution in [0.2, 0.25) is 0 Å². The van der Waals surface area contributed by atoms with Crippen molar-refractivity contribution in [3.63, 3.8) is 0 Å². The summed E-state index contributed by atoms with van der Waals surface area (Å²) in [6.07, 6.45) is -1.79. The first-order valence-corrected chi connectivity index (χ1v) is 5.62. The lowest BCUT2D eigenvalue weighted by Crippen LogP contribution is -2.33. The van der Waals surface area contributed by atoms with Crippen LogP contribution < -0.4 is 0 Å². The Bertz CT molecular complexity index is 603. The Morgan fingerprint density at radius 1 is 1.21 bits per heavy atom. The molecule has 0 spiro atoms. The zero-order valence-corrected chi connectivity index (χ0v) is 9.66. The number of nitrogens with zero attached hydrogens (tertiary/aromatic N) is 4. The third-order valence-electron chi connectivity index (χ3n) is 3.13. The predicted octanol–water partition coefficient (Wildman–Crippen LogP) is -1.86. The molecule has 102 valence electrons. The molecule has 9 nitrogen and oxygen atoms in total. The largest absolute Gasteiger partial charge is 0.492 e. The summed E-state index contributed by atoms with van der Waals surface area (Å²) in [5.41, 5.74) is 0.433. The van der Waals surface area contributed by atoms with Gasteiger partial charge in [-0.05, 0) is 0 Å². The van der Waals surface area contributed by atoms with E-state index in [0.29, 0.717) is 0 Å². The number of rotatable bonds is 2. The Morgan fingerprint density at radius 3 is 2.68 bits per heavy atom. The number of aromatic hydroxyl groups is 1. The van der Waals surface area contributed by atoms with Crippen LogP contribution in [-0.2, 0) is 4.74 Å². The van der Waals surface area contributed by atoms with Crippen molar-refractivity contribution in [2.45, 2.75) is 24.5 Å². The predicted molar refractivity (Wildman–Crippen MR) is 60.0 cm³/mol. The van der Waals surface area contributed by atoms with Crippen LogP contribution in [0.5, 0.6) is 5.88 Å². The van der Waals surface area contributed by atoms with Gasteiger partial charge >= 0.3 is 0 Å². The van der Waals surface area contributed by atoms with Crippen LogP contribution in [0.1, 0.15) is 6.23 Å². The van der Waals surface area contributed by atoms with Gasteiger partial charge in [0.15, 0.2) is 17.4 Å². The molecule has 1 aliphatic rings. The molecule has 4 atom stereocenters. The lowest BCUT2D eigenvalue weighted by molar-refractivity contribution is -0.0511. The molecule has 0 radical (unpaired) electrons. The first-order chi connectivity index (χ1) is 9.13. The molecule has 3 heterocycles. The second kappa shape index (κ2) is 4.38. The molecule has 1 fully saturated rings. The van der Waals surface area contributed by atoms with Crippen molar-refractivity contribution in [1.29, 1.82) is 0 Å². The first kappa shape index (κ1) is 12.2. The Labute approximate surface area is 106 Å². The smallest absolute Gasteiger partial charge is 0.242 e. The van der Waals surface area contributed by atoms with Gasteiger partial charge in [-0.15, -0.1) is 0 Å². The molecule has 2 aromatic rings. The lowest BCUT2D eigenvalue weighted by atomic mass is 10.1. The van der Waals surface area contributed by atoms with Crippen LogP contribution in [0.25, 0.3) is 11.2 Å². The molecule has 0 bridgehead atoms. The Morgan fingerprint density at radius 2 is 2.00 bits per heavy atom. The summed E-state index contributed by atoms with van der Waals surface area (Å²) >= 11 is 0. The van der Waals surface area contributed by atoms with Gasteiger partial charge in [-0.1, -0.05) is 0 Å². The van der Waals surface area contributed by atoms with Crippen molar-refractivity contribution in [2.24, 2.45) is 0 Å². The average Bonchev–Trinajstić information content (AvgIpc) is 2.94. The van der Waals surface area contributed by atoms with Gasteiger partial charge in [0, 0.05) is 0 Å². The molecule has 1 saturated heterocycles. The SMILES string of the molecule is OC[C@H]1O[C@H](n2cnc3c(O)ncnc32)[C@@H](O)[C@@H]1O. The number of ether oxygens (including phenoxy) is 1. The fourth-order valence-electron chi connectivity index (χ4n) is 2.14. The maximum atomic E-state index is 9.92. The van der Waals surface area contributed by atoms with E-state index in [0.717, 1.165) is 6.33 Å². The molecule has 4 N–H and O–H groups in total. The van der Waals surface area contributed by atoms with Crippen LogP contribution in [0.15, 0.2) is 12.7 Å². The van der Waals surface area contributed by atoms with Gasteiger partial charge < -0.3 is 25.2 Å². The quantitative estimate of drug-likeness (QED) is 0.498. The first-order valence-electron chi connectivity index (χ1n) is 5.62. The lowest BCUT2D eigenvalue weighted by Gasteiger charge is -2.16. The maximum Gasteiger partial charge on any atom is 0.242 e. The fourth-order valence-corrected chi connectivity index (χ4v) is 2.14. The van der Waals surface area contributed by atoms with E-state index in [4.69, 9.17) is 9.84 Å². The highest BCUT2D eigenvalue weighted by atomic mass is 16.6. The highest BCUT2D eigenvalue weighted by Gasteiger charge is 2.43. The zero-order chi connectivity index (χ0) is 13.6. The van der Waals surface area contributed by atoms with Crippen molar-refractivity contribution < 1.29 is 25.2 Å². The van der Waals surface area contributed by atoms with E-state index in [1.54, 1.807) is 0 Å². The molecule has 0 amide bonds. The molecule has 0 saturated carbocycles. The third-order valence-corrected chi connectivity index (χ3v) is 3.13. The van der Waals surface area contributed by atoms with Crippen molar-refractivity contribution in [3.8, 4) is 5.88 Å². The minimum Gasteiger partial charge on any atom is -0.492 e. The van der Waals surface area contributed by atoms with Gasteiger partial charge in [0.2, 0.25) is 5.88 Å². The van der Waals surface area contributed by atoms with Crippen molar-refractivity contribution in [3.05, 3.63) is 12.7 Å². The van der Waals surface area contributed by atoms with Crippen LogP contribution in [0.3, 0.4) is 0 Å². The van der Waals surface area contributed by atoms with Gasteiger partial charge in [0.1, 0.15) is 24.6 Å². The van der Waals surface area contributed by atoms with Crippen molar-refractivity contribution >= 4 is 11.2 Å². The molecular formula is C10H12N4O5. The molecule has 2 aromatic heterocycles. The number of aliphatic hydroxyl groups is 3. The number of hydrogen-bond donors (Lipinski definition) is 4. The Kier molecular flexibility index (Phi) is 2.82. The number of aromatic nitrogens is 4. The highest BCUT2D eigenvalue weighted by molar-refractivity contribution is 5.75. The number of hydrogen-bond acceptors (Lipinski definition) is 8. The Hall–Kier alpha value is -1.81. The van der Waals surface area contributed by atoms with E-state index < -0.39 is 31.1 Å². The number of aliphatic hydroxyl groups excluding tert-OH is 3. The molecule has 0 aromatic carbocycles. The standard InChI is InChI=1S/C10H12N4O5/c15-1-4-6(16)7(17)10(19-4)14-3-13-5-8(14)11-2-12-9(5)18/h2-4,6-7,10,15-17H,1H2,(H,11,12,18)/t4-,6-,7+,10+/m1/s1.